The Morgan fingerprint density at radius 3 is 3.00 bits per heavy atom. The zero-order valence-electron chi connectivity index (χ0n) is 9.42. The largest absolute Gasteiger partial charge is 0.313 e. The van der Waals surface area contributed by atoms with Gasteiger partial charge in [0.05, 0.1) is 0 Å². The fraction of sp³-hybridized carbons (Fsp3) is 0.571. The van der Waals surface area contributed by atoms with Crippen LogP contribution in [0.15, 0.2) is 24.3 Å². The summed E-state index contributed by atoms with van der Waals surface area (Å²) in [6, 6.07) is 9.02. The van der Waals surface area contributed by atoms with Gasteiger partial charge in [-0.25, -0.2) is 0 Å². The second kappa shape index (κ2) is 3.34. The average molecular weight is 201 g/mol. The fourth-order valence-corrected chi connectivity index (χ4v) is 3.67. The van der Waals surface area contributed by atoms with Gasteiger partial charge in [0.2, 0.25) is 0 Å². The van der Waals surface area contributed by atoms with Crippen molar-refractivity contribution < 1.29 is 0 Å². The number of hydrogen-bond acceptors (Lipinski definition) is 1. The van der Waals surface area contributed by atoms with E-state index in [9.17, 15) is 0 Å². The molecule has 1 fully saturated rings. The van der Waals surface area contributed by atoms with Crippen molar-refractivity contribution in [2.45, 2.75) is 43.6 Å². The van der Waals surface area contributed by atoms with Crippen LogP contribution in [0.2, 0.25) is 0 Å². The first kappa shape index (κ1) is 9.41. The van der Waals surface area contributed by atoms with E-state index >= 15 is 0 Å². The third-order valence-electron chi connectivity index (χ3n) is 4.47. The minimum Gasteiger partial charge on any atom is -0.313 e. The lowest BCUT2D eigenvalue weighted by Gasteiger charge is -2.39. The lowest BCUT2D eigenvalue weighted by atomic mass is 9.73. The molecule has 0 saturated heterocycles. The van der Waals surface area contributed by atoms with Gasteiger partial charge in [0.15, 0.2) is 0 Å². The van der Waals surface area contributed by atoms with Crippen LogP contribution >= 0.6 is 0 Å². The summed E-state index contributed by atoms with van der Waals surface area (Å²) >= 11 is 0. The van der Waals surface area contributed by atoms with Crippen molar-refractivity contribution in [2.24, 2.45) is 0 Å². The molecule has 0 radical (unpaired) electrons. The van der Waals surface area contributed by atoms with Gasteiger partial charge in [-0.1, -0.05) is 37.1 Å². The number of benzene rings is 1. The van der Waals surface area contributed by atoms with Crippen molar-refractivity contribution in [3.05, 3.63) is 35.4 Å². The van der Waals surface area contributed by atoms with Crippen LogP contribution in [0.4, 0.5) is 0 Å². The summed E-state index contributed by atoms with van der Waals surface area (Å²) in [5.74, 6) is 0.771. The molecule has 0 aromatic heterocycles. The highest BCUT2D eigenvalue weighted by Gasteiger charge is 2.45. The Hall–Kier alpha value is -0.820. The molecule has 0 unspecified atom stereocenters. The lowest BCUT2D eigenvalue weighted by Crippen LogP contribution is -2.48. The smallest absolute Gasteiger partial charge is 0.0287 e. The Morgan fingerprint density at radius 1 is 1.27 bits per heavy atom. The SMILES string of the molecule is CN[C@@]12CCCC[C@@H]1c1ccccc1C2. The molecule has 0 spiro atoms. The van der Waals surface area contributed by atoms with Gasteiger partial charge < -0.3 is 5.32 Å². The zero-order valence-corrected chi connectivity index (χ0v) is 9.42. The number of likely N-dealkylation sites (N-methyl/N-ethyl adjacent to an activating group) is 1. The van der Waals surface area contributed by atoms with Gasteiger partial charge in [-0.2, -0.15) is 0 Å². The predicted molar refractivity (Wildman–Crippen MR) is 63.1 cm³/mol. The van der Waals surface area contributed by atoms with Crippen molar-refractivity contribution in [1.82, 2.24) is 5.32 Å². The molecule has 3 rings (SSSR count). The molecular weight excluding hydrogens is 182 g/mol. The summed E-state index contributed by atoms with van der Waals surface area (Å²) in [5, 5.41) is 3.63. The highest BCUT2D eigenvalue weighted by molar-refractivity contribution is 5.41. The molecular formula is C14H19N. The van der Waals surface area contributed by atoms with Crippen LogP contribution in [-0.4, -0.2) is 12.6 Å². The van der Waals surface area contributed by atoms with Crippen molar-refractivity contribution in [3.8, 4) is 0 Å². The summed E-state index contributed by atoms with van der Waals surface area (Å²) in [6.07, 6.45) is 6.76. The summed E-state index contributed by atoms with van der Waals surface area (Å²) in [4.78, 5) is 0. The van der Waals surface area contributed by atoms with E-state index in [4.69, 9.17) is 0 Å². The van der Waals surface area contributed by atoms with Crippen LogP contribution in [0, 0.1) is 0 Å². The monoisotopic (exact) mass is 201 g/mol. The van der Waals surface area contributed by atoms with E-state index in [2.05, 4.69) is 36.6 Å². The third kappa shape index (κ3) is 1.26. The number of nitrogens with one attached hydrogen (secondary N) is 1. The number of hydrogen-bond donors (Lipinski definition) is 1. The number of fused-ring (bicyclic) bond motifs is 3. The first-order valence-electron chi connectivity index (χ1n) is 6.12. The highest BCUT2D eigenvalue weighted by atomic mass is 15.0. The van der Waals surface area contributed by atoms with E-state index < -0.39 is 0 Å². The summed E-state index contributed by atoms with van der Waals surface area (Å²) in [7, 11) is 2.14. The Morgan fingerprint density at radius 2 is 2.13 bits per heavy atom. The standard InChI is InChI=1S/C14H19N/c1-15-14-9-5-4-8-13(14)12-7-3-2-6-11(12)10-14/h2-3,6-7,13,15H,4-5,8-10H2,1H3/t13-,14-/m1/s1. The molecule has 0 heterocycles. The highest BCUT2D eigenvalue weighted by Crippen LogP contribution is 2.48. The second-order valence-electron chi connectivity index (χ2n) is 5.08. The number of rotatable bonds is 1. The average Bonchev–Trinajstić information content (AvgIpc) is 2.64. The fourth-order valence-electron chi connectivity index (χ4n) is 3.67. The topological polar surface area (TPSA) is 12.0 Å². The first-order valence-corrected chi connectivity index (χ1v) is 6.12. The predicted octanol–water partition coefficient (Wildman–Crippen LogP) is 2.86. The quantitative estimate of drug-likeness (QED) is 0.736. The van der Waals surface area contributed by atoms with Gasteiger partial charge in [-0.15, -0.1) is 0 Å². The molecule has 0 aliphatic heterocycles. The van der Waals surface area contributed by atoms with Crippen molar-refractivity contribution >= 4 is 0 Å². The van der Waals surface area contributed by atoms with E-state index in [0.29, 0.717) is 5.54 Å². The van der Waals surface area contributed by atoms with Gasteiger partial charge in [-0.05, 0) is 37.4 Å². The van der Waals surface area contributed by atoms with E-state index in [1.54, 1.807) is 11.1 Å². The summed E-state index contributed by atoms with van der Waals surface area (Å²) < 4.78 is 0. The molecule has 1 nitrogen and oxygen atoms in total. The Kier molecular flexibility index (Phi) is 2.10. The van der Waals surface area contributed by atoms with Crippen LogP contribution in [0.5, 0.6) is 0 Å². The maximum atomic E-state index is 3.63. The summed E-state index contributed by atoms with van der Waals surface area (Å²) in [6.45, 7) is 0. The second-order valence-corrected chi connectivity index (χ2v) is 5.08. The molecule has 1 aromatic rings. The zero-order chi connectivity index (χ0) is 10.3. The first-order chi connectivity index (χ1) is 7.36. The molecule has 1 saturated carbocycles. The molecule has 1 N–H and O–H groups in total. The van der Waals surface area contributed by atoms with Crippen LogP contribution in [0.1, 0.15) is 42.7 Å². The van der Waals surface area contributed by atoms with Gasteiger partial charge in [-0.3, -0.25) is 0 Å². The van der Waals surface area contributed by atoms with Gasteiger partial charge in [0.1, 0.15) is 0 Å². The van der Waals surface area contributed by atoms with E-state index in [1.165, 1.54) is 32.1 Å². The van der Waals surface area contributed by atoms with Crippen molar-refractivity contribution in [2.75, 3.05) is 7.05 Å². The van der Waals surface area contributed by atoms with Crippen LogP contribution in [0.3, 0.4) is 0 Å². The molecule has 2 aliphatic carbocycles. The molecule has 2 aliphatic rings. The summed E-state index contributed by atoms with van der Waals surface area (Å²) in [5.41, 5.74) is 3.59. The minimum atomic E-state index is 0.391. The maximum absolute atomic E-state index is 3.63. The van der Waals surface area contributed by atoms with Crippen LogP contribution in [0.25, 0.3) is 0 Å². The van der Waals surface area contributed by atoms with Gasteiger partial charge in [0, 0.05) is 11.5 Å². The van der Waals surface area contributed by atoms with E-state index in [0.717, 1.165) is 5.92 Å². The van der Waals surface area contributed by atoms with Crippen molar-refractivity contribution in [1.29, 1.82) is 0 Å². The van der Waals surface area contributed by atoms with Crippen LogP contribution in [-0.2, 0) is 6.42 Å². The molecule has 80 valence electrons. The maximum Gasteiger partial charge on any atom is 0.0287 e. The Bertz CT molecular complexity index is 371. The normalized spacial score (nSPS) is 33.5. The van der Waals surface area contributed by atoms with E-state index in [1.807, 2.05) is 0 Å². The Labute approximate surface area is 91.9 Å². The molecule has 2 atom stereocenters. The molecule has 1 heteroatoms. The third-order valence-corrected chi connectivity index (χ3v) is 4.47. The molecule has 0 amide bonds. The minimum absolute atomic E-state index is 0.391. The molecule has 1 aromatic carbocycles. The molecule has 15 heavy (non-hydrogen) atoms. The van der Waals surface area contributed by atoms with E-state index in [-0.39, 0.29) is 0 Å². The lowest BCUT2D eigenvalue weighted by molar-refractivity contribution is 0.226. The van der Waals surface area contributed by atoms with Crippen LogP contribution < -0.4 is 5.32 Å². The Balaban J connectivity index is 2.06. The van der Waals surface area contributed by atoms with Crippen molar-refractivity contribution in [3.63, 3.8) is 0 Å². The molecule has 0 bridgehead atoms. The van der Waals surface area contributed by atoms with Gasteiger partial charge >= 0.3 is 0 Å². The van der Waals surface area contributed by atoms with Gasteiger partial charge in [0.25, 0.3) is 0 Å².